The maximum atomic E-state index is 11.7. The van der Waals surface area contributed by atoms with Crippen LogP contribution in [0, 0.1) is 0 Å². The van der Waals surface area contributed by atoms with Crippen molar-refractivity contribution in [3.63, 3.8) is 0 Å². The predicted octanol–water partition coefficient (Wildman–Crippen LogP) is -0.504. The summed E-state index contributed by atoms with van der Waals surface area (Å²) in [7, 11) is 1.58. The Morgan fingerprint density at radius 2 is 2.37 bits per heavy atom. The summed E-state index contributed by atoms with van der Waals surface area (Å²) < 4.78 is 6.61. The van der Waals surface area contributed by atoms with Crippen LogP contribution < -0.4 is 21.3 Å². The third-order valence-corrected chi connectivity index (χ3v) is 2.41. The van der Waals surface area contributed by atoms with Gasteiger partial charge in [-0.25, -0.2) is 4.68 Å². The highest BCUT2D eigenvalue weighted by Gasteiger charge is 2.04. The molecule has 0 radical (unpaired) electrons. The van der Waals surface area contributed by atoms with Crippen LogP contribution in [0.3, 0.4) is 0 Å². The van der Waals surface area contributed by atoms with Crippen LogP contribution in [-0.4, -0.2) is 35.4 Å². The number of nitrogens with zero attached hydrogens (tertiary/aromatic N) is 2. The summed E-state index contributed by atoms with van der Waals surface area (Å²) in [4.78, 5) is 22.8. The average Bonchev–Trinajstić information content (AvgIpc) is 2.38. The molecule has 1 aromatic heterocycles. The minimum Gasteiger partial charge on any atom is -0.490 e. The third-order valence-electron chi connectivity index (χ3n) is 2.41. The van der Waals surface area contributed by atoms with Crippen LogP contribution in [0.1, 0.15) is 19.8 Å². The molecular formula is C12H20N4O3. The molecule has 106 valence electrons. The third kappa shape index (κ3) is 5.52. The summed E-state index contributed by atoms with van der Waals surface area (Å²) >= 11 is 0. The maximum Gasteiger partial charge on any atom is 0.270 e. The van der Waals surface area contributed by atoms with Gasteiger partial charge in [0.2, 0.25) is 5.91 Å². The molecule has 1 amide bonds. The monoisotopic (exact) mass is 268 g/mol. The number of ether oxygens (including phenoxy) is 1. The highest BCUT2D eigenvalue weighted by atomic mass is 16.5. The largest absolute Gasteiger partial charge is 0.490 e. The number of carbonyl (C=O) groups excluding carboxylic acids is 1. The molecule has 1 rings (SSSR count). The van der Waals surface area contributed by atoms with Crippen molar-refractivity contribution >= 4 is 5.91 Å². The molecule has 0 saturated carbocycles. The lowest BCUT2D eigenvalue weighted by Crippen LogP contribution is -2.26. The first-order valence-electron chi connectivity index (χ1n) is 6.19. The van der Waals surface area contributed by atoms with Crippen LogP contribution in [0.2, 0.25) is 0 Å². The molecular weight excluding hydrogens is 248 g/mol. The van der Waals surface area contributed by atoms with Crippen LogP contribution in [0.4, 0.5) is 0 Å². The van der Waals surface area contributed by atoms with E-state index in [9.17, 15) is 9.59 Å². The van der Waals surface area contributed by atoms with Gasteiger partial charge in [-0.3, -0.25) is 9.59 Å². The van der Waals surface area contributed by atoms with E-state index in [1.807, 2.05) is 6.92 Å². The van der Waals surface area contributed by atoms with E-state index in [1.54, 1.807) is 7.05 Å². The molecule has 0 spiro atoms. The molecule has 0 bridgehead atoms. The van der Waals surface area contributed by atoms with Crippen molar-refractivity contribution in [2.75, 3.05) is 13.7 Å². The number of hydrogen-bond acceptors (Lipinski definition) is 5. The Hall–Kier alpha value is -1.89. The summed E-state index contributed by atoms with van der Waals surface area (Å²) in [6, 6.07) is 1.27. The highest BCUT2D eigenvalue weighted by Crippen LogP contribution is 2.04. The Morgan fingerprint density at radius 1 is 1.63 bits per heavy atom. The van der Waals surface area contributed by atoms with E-state index in [0.29, 0.717) is 31.7 Å². The molecule has 0 aliphatic carbocycles. The fourth-order valence-electron chi connectivity index (χ4n) is 1.41. The average molecular weight is 268 g/mol. The Balaban J connectivity index is 2.52. The maximum absolute atomic E-state index is 11.7. The molecule has 0 aliphatic rings. The lowest BCUT2D eigenvalue weighted by Gasteiger charge is -2.09. The van der Waals surface area contributed by atoms with Crippen molar-refractivity contribution in [3.05, 3.63) is 22.6 Å². The molecule has 19 heavy (non-hydrogen) atoms. The summed E-state index contributed by atoms with van der Waals surface area (Å²) in [6.45, 7) is 2.55. The minimum absolute atomic E-state index is 0.0510. The summed E-state index contributed by atoms with van der Waals surface area (Å²) in [5.41, 5.74) is 5.30. The van der Waals surface area contributed by atoms with Crippen LogP contribution in [0.25, 0.3) is 0 Å². The van der Waals surface area contributed by atoms with Gasteiger partial charge in [-0.15, -0.1) is 0 Å². The van der Waals surface area contributed by atoms with Crippen molar-refractivity contribution < 1.29 is 9.53 Å². The molecule has 0 aromatic carbocycles. The quantitative estimate of drug-likeness (QED) is 0.694. The molecule has 0 aliphatic heterocycles. The molecule has 1 atom stereocenters. The minimum atomic E-state index is -0.251. The van der Waals surface area contributed by atoms with Crippen molar-refractivity contribution in [1.29, 1.82) is 0 Å². The van der Waals surface area contributed by atoms with Crippen molar-refractivity contribution in [1.82, 2.24) is 15.1 Å². The topological polar surface area (TPSA) is 99.2 Å². The van der Waals surface area contributed by atoms with Crippen LogP contribution in [0.5, 0.6) is 5.75 Å². The van der Waals surface area contributed by atoms with E-state index in [-0.39, 0.29) is 17.5 Å². The number of aromatic nitrogens is 2. The molecule has 0 saturated heterocycles. The number of rotatable bonds is 7. The van der Waals surface area contributed by atoms with Gasteiger partial charge in [-0.05, 0) is 13.3 Å². The fourth-order valence-corrected chi connectivity index (χ4v) is 1.41. The zero-order valence-electron chi connectivity index (χ0n) is 11.3. The van der Waals surface area contributed by atoms with E-state index in [2.05, 4.69) is 10.4 Å². The highest BCUT2D eigenvalue weighted by molar-refractivity contribution is 5.75. The first-order chi connectivity index (χ1) is 9.02. The zero-order chi connectivity index (χ0) is 14.3. The lowest BCUT2D eigenvalue weighted by molar-refractivity contribution is -0.120. The molecule has 0 fully saturated rings. The van der Waals surface area contributed by atoms with E-state index >= 15 is 0 Å². The van der Waals surface area contributed by atoms with E-state index in [4.69, 9.17) is 10.5 Å². The van der Waals surface area contributed by atoms with Gasteiger partial charge < -0.3 is 15.8 Å². The van der Waals surface area contributed by atoms with Gasteiger partial charge in [-0.1, -0.05) is 0 Å². The zero-order valence-corrected chi connectivity index (χ0v) is 11.3. The van der Waals surface area contributed by atoms with Crippen LogP contribution >= 0.6 is 0 Å². The van der Waals surface area contributed by atoms with Crippen LogP contribution in [-0.2, 0) is 11.3 Å². The molecule has 7 heteroatoms. The summed E-state index contributed by atoms with van der Waals surface area (Å²) in [5.74, 6) is 0.356. The summed E-state index contributed by atoms with van der Waals surface area (Å²) in [5, 5.41) is 6.51. The van der Waals surface area contributed by atoms with Crippen LogP contribution in [0.15, 0.2) is 17.1 Å². The van der Waals surface area contributed by atoms with E-state index in [1.165, 1.54) is 16.9 Å². The second-order valence-corrected chi connectivity index (χ2v) is 4.32. The van der Waals surface area contributed by atoms with Gasteiger partial charge in [-0.2, -0.15) is 5.10 Å². The SMILES string of the molecule is CNC(=O)CCCn1ncc(OCC(C)N)cc1=O. The van der Waals surface area contributed by atoms with Gasteiger partial charge in [0.25, 0.3) is 5.56 Å². The first kappa shape index (κ1) is 15.2. The van der Waals surface area contributed by atoms with E-state index in [0.717, 1.165) is 0 Å². The molecule has 1 unspecified atom stereocenters. The summed E-state index contributed by atoms with van der Waals surface area (Å²) in [6.07, 6.45) is 2.41. The second kappa shape index (κ2) is 7.52. The normalized spacial score (nSPS) is 11.9. The molecule has 3 N–H and O–H groups in total. The molecule has 7 nitrogen and oxygen atoms in total. The predicted molar refractivity (Wildman–Crippen MR) is 70.9 cm³/mol. The van der Waals surface area contributed by atoms with Crippen molar-refractivity contribution in [2.24, 2.45) is 5.73 Å². The standard InChI is InChI=1S/C12H20N4O3/c1-9(13)8-19-10-6-12(18)16(15-7-10)5-3-4-11(17)14-2/h6-7,9H,3-5,8,13H2,1-2H3,(H,14,17). The number of aryl methyl sites for hydroxylation is 1. The smallest absolute Gasteiger partial charge is 0.270 e. The number of nitrogens with one attached hydrogen (secondary N) is 1. The number of amides is 1. The van der Waals surface area contributed by atoms with Gasteiger partial charge in [0.15, 0.2) is 0 Å². The lowest BCUT2D eigenvalue weighted by atomic mass is 10.3. The number of hydrogen-bond donors (Lipinski definition) is 2. The molecule has 1 heterocycles. The van der Waals surface area contributed by atoms with Crippen molar-refractivity contribution in [3.8, 4) is 5.75 Å². The number of nitrogens with two attached hydrogens (primary N) is 1. The van der Waals surface area contributed by atoms with E-state index < -0.39 is 0 Å². The van der Waals surface area contributed by atoms with Gasteiger partial charge in [0.1, 0.15) is 12.4 Å². The second-order valence-electron chi connectivity index (χ2n) is 4.32. The van der Waals surface area contributed by atoms with Gasteiger partial charge >= 0.3 is 0 Å². The molecule has 1 aromatic rings. The first-order valence-corrected chi connectivity index (χ1v) is 6.19. The van der Waals surface area contributed by atoms with Gasteiger partial charge in [0, 0.05) is 32.1 Å². The van der Waals surface area contributed by atoms with Crippen molar-refractivity contribution in [2.45, 2.75) is 32.4 Å². The number of carbonyl (C=O) groups is 1. The fraction of sp³-hybridized carbons (Fsp3) is 0.583. The Labute approximate surface area is 111 Å². The Bertz CT molecular complexity index is 470. The Kier molecular flexibility index (Phi) is 6.01. The van der Waals surface area contributed by atoms with Gasteiger partial charge in [0.05, 0.1) is 6.20 Å². The Morgan fingerprint density at radius 3 is 2.95 bits per heavy atom.